The third-order valence-electron chi connectivity index (χ3n) is 10.7. The van der Waals surface area contributed by atoms with Crippen molar-refractivity contribution in [3.05, 3.63) is 194 Å². The van der Waals surface area contributed by atoms with Crippen LogP contribution in [0.4, 0.5) is 0 Å². The number of benzene rings is 8. The second kappa shape index (κ2) is 12.1. The van der Waals surface area contributed by atoms with Gasteiger partial charge in [-0.3, -0.25) is 0 Å². The van der Waals surface area contributed by atoms with E-state index in [1.165, 1.54) is 43.6 Å². The predicted molar refractivity (Wildman–Crippen MR) is 225 cm³/mol. The molecule has 11 aromatic rings. The number of rotatable bonds is 5. The van der Waals surface area contributed by atoms with Gasteiger partial charge in [-0.25, -0.2) is 9.97 Å². The van der Waals surface area contributed by atoms with Crippen molar-refractivity contribution in [2.24, 2.45) is 0 Å². The second-order valence-electron chi connectivity index (χ2n) is 13.8. The van der Waals surface area contributed by atoms with Crippen molar-refractivity contribution in [3.8, 4) is 45.0 Å². The first-order chi connectivity index (χ1) is 26.8. The molecule has 0 atom stereocenters. The summed E-state index contributed by atoms with van der Waals surface area (Å²) in [5.74, 6) is 0. The van der Waals surface area contributed by atoms with Crippen molar-refractivity contribution < 1.29 is 0 Å². The Morgan fingerprint density at radius 1 is 0.296 bits per heavy atom. The van der Waals surface area contributed by atoms with E-state index in [1.807, 2.05) is 12.1 Å². The fourth-order valence-electron chi connectivity index (χ4n) is 8.27. The lowest BCUT2D eigenvalue weighted by Crippen LogP contribution is -1.99. The largest absolute Gasteiger partial charge is 0.307 e. The SMILES string of the molecule is c1ccc(-c2nc3ccc(-c4cccc(-n5c6ccccc6c6ccc7c8ccccc8n(-c8ccccc8)c7c65)c4)cc3nc2-c2ccccc2)cc1. The number of fused-ring (bicyclic) bond motifs is 8. The predicted octanol–water partition coefficient (Wildman–Crippen LogP) is 12.8. The summed E-state index contributed by atoms with van der Waals surface area (Å²) in [6.45, 7) is 0. The summed E-state index contributed by atoms with van der Waals surface area (Å²) >= 11 is 0. The number of aromatic nitrogens is 4. The fraction of sp³-hybridized carbons (Fsp3) is 0. The first-order valence-electron chi connectivity index (χ1n) is 18.3. The van der Waals surface area contributed by atoms with Crippen LogP contribution in [0.3, 0.4) is 0 Å². The van der Waals surface area contributed by atoms with Gasteiger partial charge in [0.05, 0.1) is 44.5 Å². The van der Waals surface area contributed by atoms with Crippen LogP contribution >= 0.6 is 0 Å². The Morgan fingerprint density at radius 2 is 0.759 bits per heavy atom. The van der Waals surface area contributed by atoms with Gasteiger partial charge in [-0.05, 0) is 59.7 Å². The maximum absolute atomic E-state index is 5.29. The molecule has 4 heteroatoms. The molecule has 0 aliphatic rings. The molecule has 3 aromatic heterocycles. The second-order valence-corrected chi connectivity index (χ2v) is 13.8. The molecule has 0 N–H and O–H groups in total. The monoisotopic (exact) mass is 688 g/mol. The Bertz CT molecular complexity index is 3200. The van der Waals surface area contributed by atoms with E-state index < -0.39 is 0 Å². The molecule has 0 amide bonds. The molecule has 0 spiro atoms. The summed E-state index contributed by atoms with van der Waals surface area (Å²) in [6.07, 6.45) is 0. The molecule has 8 aromatic carbocycles. The van der Waals surface area contributed by atoms with E-state index in [9.17, 15) is 0 Å². The molecule has 4 nitrogen and oxygen atoms in total. The summed E-state index contributed by atoms with van der Waals surface area (Å²) in [5, 5.41) is 4.94. The van der Waals surface area contributed by atoms with Gasteiger partial charge in [-0.2, -0.15) is 0 Å². The van der Waals surface area contributed by atoms with Gasteiger partial charge in [0, 0.05) is 44.0 Å². The summed E-state index contributed by atoms with van der Waals surface area (Å²) in [5.41, 5.74) is 14.8. The molecular formula is C50H32N4. The lowest BCUT2D eigenvalue weighted by molar-refractivity contribution is 1.15. The number of para-hydroxylation sites is 3. The highest BCUT2D eigenvalue weighted by Gasteiger charge is 2.21. The first-order valence-corrected chi connectivity index (χ1v) is 18.3. The van der Waals surface area contributed by atoms with Gasteiger partial charge in [0.25, 0.3) is 0 Å². The zero-order valence-corrected chi connectivity index (χ0v) is 29.3. The van der Waals surface area contributed by atoms with Crippen LogP contribution in [-0.2, 0) is 0 Å². The summed E-state index contributed by atoms with van der Waals surface area (Å²) in [4.78, 5) is 10.5. The summed E-state index contributed by atoms with van der Waals surface area (Å²) < 4.78 is 4.89. The fourth-order valence-corrected chi connectivity index (χ4v) is 8.27. The van der Waals surface area contributed by atoms with E-state index in [-0.39, 0.29) is 0 Å². The van der Waals surface area contributed by atoms with Crippen LogP contribution in [0.1, 0.15) is 0 Å². The molecule has 0 saturated heterocycles. The first kappa shape index (κ1) is 30.3. The van der Waals surface area contributed by atoms with Crippen molar-refractivity contribution in [2.75, 3.05) is 0 Å². The van der Waals surface area contributed by atoms with Crippen LogP contribution in [-0.4, -0.2) is 19.1 Å². The third-order valence-corrected chi connectivity index (χ3v) is 10.7. The van der Waals surface area contributed by atoms with E-state index in [1.54, 1.807) is 0 Å². The molecular weight excluding hydrogens is 657 g/mol. The summed E-state index contributed by atoms with van der Waals surface area (Å²) in [6, 6.07) is 68.9. The van der Waals surface area contributed by atoms with Crippen molar-refractivity contribution in [1.82, 2.24) is 19.1 Å². The van der Waals surface area contributed by atoms with Gasteiger partial charge < -0.3 is 9.13 Å². The van der Waals surface area contributed by atoms with Gasteiger partial charge in [-0.15, -0.1) is 0 Å². The average molecular weight is 689 g/mol. The van der Waals surface area contributed by atoms with Gasteiger partial charge in [0.15, 0.2) is 0 Å². The van der Waals surface area contributed by atoms with Crippen molar-refractivity contribution in [1.29, 1.82) is 0 Å². The Hall–Kier alpha value is -7.30. The van der Waals surface area contributed by atoms with E-state index >= 15 is 0 Å². The number of hydrogen-bond acceptors (Lipinski definition) is 2. The molecule has 11 rings (SSSR count). The van der Waals surface area contributed by atoms with Crippen molar-refractivity contribution >= 4 is 54.6 Å². The molecule has 252 valence electrons. The van der Waals surface area contributed by atoms with E-state index in [0.29, 0.717) is 0 Å². The molecule has 0 saturated carbocycles. The number of hydrogen-bond donors (Lipinski definition) is 0. The molecule has 54 heavy (non-hydrogen) atoms. The van der Waals surface area contributed by atoms with E-state index in [0.717, 1.165) is 56.0 Å². The standard InChI is InChI=1S/C50H32N4/c1-4-15-33(16-5-1)47-48(34-17-6-2-7-18-34)52-44-32-36(27-30-43(44)51-47)35-19-14-22-38(31-35)54-46-26-13-11-24-40(46)42-29-28-41-39-23-10-12-25-45(39)53(49(41)50(42)54)37-20-8-3-9-21-37/h1-32H. The topological polar surface area (TPSA) is 35.6 Å². The third kappa shape index (κ3) is 4.70. The van der Waals surface area contributed by atoms with Crippen molar-refractivity contribution in [3.63, 3.8) is 0 Å². The van der Waals surface area contributed by atoms with Crippen LogP contribution in [0, 0.1) is 0 Å². The summed E-state index contributed by atoms with van der Waals surface area (Å²) in [7, 11) is 0. The van der Waals surface area contributed by atoms with Gasteiger partial charge in [0.2, 0.25) is 0 Å². The van der Waals surface area contributed by atoms with Gasteiger partial charge >= 0.3 is 0 Å². The smallest absolute Gasteiger partial charge is 0.0973 e. The Balaban J connectivity index is 1.14. The molecule has 0 bridgehead atoms. The van der Waals surface area contributed by atoms with Crippen LogP contribution in [0.15, 0.2) is 194 Å². The highest BCUT2D eigenvalue weighted by molar-refractivity contribution is 6.23. The highest BCUT2D eigenvalue weighted by atomic mass is 15.0. The molecule has 0 radical (unpaired) electrons. The van der Waals surface area contributed by atoms with E-state index in [4.69, 9.17) is 9.97 Å². The zero-order chi connectivity index (χ0) is 35.6. The molecule has 0 fully saturated rings. The quantitative estimate of drug-likeness (QED) is 0.180. The van der Waals surface area contributed by atoms with Crippen LogP contribution in [0.5, 0.6) is 0 Å². The lowest BCUT2D eigenvalue weighted by atomic mass is 10.0. The molecule has 3 heterocycles. The average Bonchev–Trinajstić information content (AvgIpc) is 3.77. The normalized spacial score (nSPS) is 11.7. The lowest BCUT2D eigenvalue weighted by Gasteiger charge is -2.14. The minimum absolute atomic E-state index is 0.863. The van der Waals surface area contributed by atoms with E-state index in [2.05, 4.69) is 191 Å². The minimum atomic E-state index is 0.863. The van der Waals surface area contributed by atoms with Crippen LogP contribution in [0.2, 0.25) is 0 Å². The van der Waals surface area contributed by atoms with Gasteiger partial charge in [0.1, 0.15) is 0 Å². The van der Waals surface area contributed by atoms with Gasteiger partial charge in [-0.1, -0.05) is 146 Å². The van der Waals surface area contributed by atoms with Crippen LogP contribution < -0.4 is 0 Å². The van der Waals surface area contributed by atoms with Crippen LogP contribution in [0.25, 0.3) is 99.7 Å². The Morgan fingerprint density at radius 3 is 1.37 bits per heavy atom. The Kier molecular flexibility index (Phi) is 6.82. The highest BCUT2D eigenvalue weighted by Crippen LogP contribution is 2.42. The number of nitrogens with zero attached hydrogens (tertiary/aromatic N) is 4. The van der Waals surface area contributed by atoms with Crippen molar-refractivity contribution in [2.45, 2.75) is 0 Å². The maximum Gasteiger partial charge on any atom is 0.0973 e. The molecule has 0 aliphatic carbocycles. The Labute approximate surface area is 311 Å². The minimum Gasteiger partial charge on any atom is -0.307 e. The maximum atomic E-state index is 5.29. The zero-order valence-electron chi connectivity index (χ0n) is 29.3. The molecule has 0 aliphatic heterocycles. The molecule has 0 unspecified atom stereocenters.